The minimum Gasteiger partial charge on any atom is -0.343 e. The summed E-state index contributed by atoms with van der Waals surface area (Å²) in [5, 5.41) is 3.72. The number of amides is 1. The molecule has 1 aliphatic rings. The number of aromatic nitrogens is 1. The largest absolute Gasteiger partial charge is 0.343 e. The molecule has 0 spiro atoms. The maximum Gasteiger partial charge on any atom is 0.219 e. The molecule has 4 heteroatoms. The molecule has 2 rings (SSSR count). The predicted octanol–water partition coefficient (Wildman–Crippen LogP) is 2.67. The molecule has 1 fully saturated rings. The molecule has 2 heterocycles. The number of hydrogen-bond donors (Lipinski definition) is 1. The van der Waals surface area contributed by atoms with Gasteiger partial charge in [-0.05, 0) is 57.7 Å². The summed E-state index contributed by atoms with van der Waals surface area (Å²) < 4.78 is 0. The number of nitrogens with one attached hydrogen (secondary N) is 1. The van der Waals surface area contributed by atoms with Crippen molar-refractivity contribution in [1.29, 1.82) is 0 Å². The van der Waals surface area contributed by atoms with E-state index < -0.39 is 0 Å². The van der Waals surface area contributed by atoms with Gasteiger partial charge in [0.25, 0.3) is 0 Å². The zero-order chi connectivity index (χ0) is 15.6. The first kappa shape index (κ1) is 16.0. The van der Waals surface area contributed by atoms with E-state index in [1.807, 2.05) is 11.8 Å². The lowest BCUT2D eigenvalue weighted by molar-refractivity contribution is -0.129. The average Bonchev–Trinajstić information content (AvgIpc) is 2.37. The van der Waals surface area contributed by atoms with E-state index in [1.165, 1.54) is 11.1 Å². The van der Waals surface area contributed by atoms with Crippen LogP contribution in [0, 0.1) is 20.8 Å². The van der Waals surface area contributed by atoms with Crippen molar-refractivity contribution in [3.05, 3.63) is 28.6 Å². The summed E-state index contributed by atoms with van der Waals surface area (Å²) in [5.74, 6) is 0.191. The van der Waals surface area contributed by atoms with E-state index in [9.17, 15) is 4.79 Å². The van der Waals surface area contributed by atoms with Crippen LogP contribution in [-0.2, 0) is 4.79 Å². The number of aryl methyl sites for hydroxylation is 3. The quantitative estimate of drug-likeness (QED) is 0.930. The predicted molar refractivity (Wildman–Crippen MR) is 85.3 cm³/mol. The van der Waals surface area contributed by atoms with Crippen molar-refractivity contribution in [2.75, 3.05) is 13.1 Å². The highest BCUT2D eigenvalue weighted by Crippen LogP contribution is 2.23. The molecule has 1 aliphatic heterocycles. The van der Waals surface area contributed by atoms with Gasteiger partial charge in [-0.1, -0.05) is 0 Å². The Kier molecular flexibility index (Phi) is 4.99. The third-order valence-electron chi connectivity index (χ3n) is 4.44. The number of rotatable bonds is 3. The van der Waals surface area contributed by atoms with Crippen LogP contribution < -0.4 is 5.32 Å². The van der Waals surface area contributed by atoms with Gasteiger partial charge in [0.05, 0.1) is 0 Å². The van der Waals surface area contributed by atoms with Crippen molar-refractivity contribution in [2.24, 2.45) is 0 Å². The van der Waals surface area contributed by atoms with E-state index in [0.717, 1.165) is 37.3 Å². The highest BCUT2D eigenvalue weighted by Gasteiger charge is 2.23. The molecular formula is C17H27N3O. The first-order valence-corrected chi connectivity index (χ1v) is 7.84. The minimum absolute atomic E-state index is 0.191. The van der Waals surface area contributed by atoms with E-state index >= 15 is 0 Å². The number of hydrogen-bond acceptors (Lipinski definition) is 3. The van der Waals surface area contributed by atoms with Gasteiger partial charge in [0.1, 0.15) is 0 Å². The number of pyridine rings is 1. The zero-order valence-corrected chi connectivity index (χ0v) is 13.9. The Hall–Kier alpha value is -1.42. The molecule has 0 aromatic carbocycles. The molecule has 1 atom stereocenters. The smallest absolute Gasteiger partial charge is 0.219 e. The van der Waals surface area contributed by atoms with Crippen molar-refractivity contribution < 1.29 is 4.79 Å². The Morgan fingerprint density at radius 3 is 2.48 bits per heavy atom. The van der Waals surface area contributed by atoms with E-state index in [4.69, 9.17) is 0 Å². The Balaban J connectivity index is 2.00. The van der Waals surface area contributed by atoms with Crippen molar-refractivity contribution in [1.82, 2.24) is 15.2 Å². The lowest BCUT2D eigenvalue weighted by Gasteiger charge is -2.34. The van der Waals surface area contributed by atoms with Crippen LogP contribution in [-0.4, -0.2) is 34.9 Å². The molecule has 1 aromatic heterocycles. The molecule has 21 heavy (non-hydrogen) atoms. The highest BCUT2D eigenvalue weighted by molar-refractivity contribution is 5.73. The summed E-state index contributed by atoms with van der Waals surface area (Å²) in [6, 6.07) is 2.93. The number of carbonyl (C=O) groups is 1. The maximum absolute atomic E-state index is 11.4. The Morgan fingerprint density at radius 2 is 1.95 bits per heavy atom. The second-order valence-corrected chi connectivity index (χ2v) is 6.25. The van der Waals surface area contributed by atoms with Gasteiger partial charge in [0, 0.05) is 43.5 Å². The van der Waals surface area contributed by atoms with Gasteiger partial charge in [-0.15, -0.1) is 0 Å². The van der Waals surface area contributed by atoms with Gasteiger partial charge >= 0.3 is 0 Å². The monoisotopic (exact) mass is 289 g/mol. The first-order chi connectivity index (χ1) is 9.88. The summed E-state index contributed by atoms with van der Waals surface area (Å²) in [6.45, 7) is 11.9. The molecule has 4 nitrogen and oxygen atoms in total. The van der Waals surface area contributed by atoms with Crippen molar-refractivity contribution >= 4 is 5.91 Å². The zero-order valence-electron chi connectivity index (χ0n) is 13.9. The fourth-order valence-corrected chi connectivity index (χ4v) is 3.49. The molecule has 0 radical (unpaired) electrons. The highest BCUT2D eigenvalue weighted by atomic mass is 16.2. The van der Waals surface area contributed by atoms with Crippen LogP contribution in [0.15, 0.2) is 6.07 Å². The minimum atomic E-state index is 0.191. The molecule has 0 saturated carbocycles. The van der Waals surface area contributed by atoms with Crippen molar-refractivity contribution in [2.45, 2.75) is 59.5 Å². The maximum atomic E-state index is 11.4. The van der Waals surface area contributed by atoms with Crippen LogP contribution in [0.3, 0.4) is 0 Å². The Morgan fingerprint density at radius 1 is 1.33 bits per heavy atom. The summed E-state index contributed by atoms with van der Waals surface area (Å²) in [5.41, 5.74) is 4.82. The summed E-state index contributed by atoms with van der Waals surface area (Å²) in [4.78, 5) is 17.9. The summed E-state index contributed by atoms with van der Waals surface area (Å²) in [7, 11) is 0. The SMILES string of the molecule is CC(=O)N1CCC(NC(C)c2c(C)cc(C)nc2C)CC1. The van der Waals surface area contributed by atoms with Crippen LogP contribution in [0.5, 0.6) is 0 Å². The summed E-state index contributed by atoms with van der Waals surface area (Å²) in [6.07, 6.45) is 2.06. The molecule has 1 saturated heterocycles. The van der Waals surface area contributed by atoms with E-state index in [0.29, 0.717) is 12.1 Å². The van der Waals surface area contributed by atoms with Gasteiger partial charge in [-0.2, -0.15) is 0 Å². The van der Waals surface area contributed by atoms with E-state index in [2.05, 4.69) is 37.1 Å². The Bertz CT molecular complexity index is 496. The van der Waals surface area contributed by atoms with Gasteiger partial charge in [0.2, 0.25) is 5.91 Å². The van der Waals surface area contributed by atoms with Gasteiger partial charge in [-0.25, -0.2) is 0 Å². The van der Waals surface area contributed by atoms with Gasteiger partial charge in [0.15, 0.2) is 0 Å². The molecular weight excluding hydrogens is 262 g/mol. The summed E-state index contributed by atoms with van der Waals surface area (Å²) >= 11 is 0. The topological polar surface area (TPSA) is 45.2 Å². The Labute approximate surface area is 127 Å². The fraction of sp³-hybridized carbons (Fsp3) is 0.647. The molecule has 1 amide bonds. The molecule has 116 valence electrons. The third kappa shape index (κ3) is 3.82. The van der Waals surface area contributed by atoms with E-state index in [-0.39, 0.29) is 5.91 Å². The second-order valence-electron chi connectivity index (χ2n) is 6.25. The van der Waals surface area contributed by atoms with Crippen LogP contribution in [0.4, 0.5) is 0 Å². The average molecular weight is 289 g/mol. The second kappa shape index (κ2) is 6.56. The normalized spacial score (nSPS) is 17.9. The molecule has 1 N–H and O–H groups in total. The number of carbonyl (C=O) groups excluding carboxylic acids is 1. The lowest BCUT2D eigenvalue weighted by atomic mass is 9.97. The number of piperidine rings is 1. The lowest BCUT2D eigenvalue weighted by Crippen LogP contribution is -2.45. The van der Waals surface area contributed by atoms with E-state index in [1.54, 1.807) is 6.92 Å². The van der Waals surface area contributed by atoms with Crippen LogP contribution >= 0.6 is 0 Å². The van der Waals surface area contributed by atoms with Crippen molar-refractivity contribution in [3.8, 4) is 0 Å². The fourth-order valence-electron chi connectivity index (χ4n) is 3.49. The molecule has 1 unspecified atom stereocenters. The first-order valence-electron chi connectivity index (χ1n) is 7.84. The van der Waals surface area contributed by atoms with Crippen LogP contribution in [0.1, 0.15) is 55.2 Å². The van der Waals surface area contributed by atoms with Crippen LogP contribution in [0.25, 0.3) is 0 Å². The van der Waals surface area contributed by atoms with Crippen molar-refractivity contribution in [3.63, 3.8) is 0 Å². The number of nitrogens with zero attached hydrogens (tertiary/aromatic N) is 2. The molecule has 0 bridgehead atoms. The standard InChI is InChI=1S/C17H27N3O/c1-11-10-12(2)18-13(3)17(11)14(4)19-16-6-8-20(9-7-16)15(5)21/h10,14,16,19H,6-9H2,1-5H3. The number of likely N-dealkylation sites (tertiary alicyclic amines) is 1. The molecule has 1 aromatic rings. The molecule has 0 aliphatic carbocycles. The third-order valence-corrected chi connectivity index (χ3v) is 4.44. The van der Waals surface area contributed by atoms with Crippen LogP contribution in [0.2, 0.25) is 0 Å². The van der Waals surface area contributed by atoms with Gasteiger partial charge in [-0.3, -0.25) is 9.78 Å². The van der Waals surface area contributed by atoms with Gasteiger partial charge < -0.3 is 10.2 Å².